The number of rotatable bonds is 5. The van der Waals surface area contributed by atoms with Crippen LogP contribution in [-0.2, 0) is 6.42 Å². The van der Waals surface area contributed by atoms with Crippen molar-refractivity contribution in [2.75, 3.05) is 7.11 Å². The van der Waals surface area contributed by atoms with E-state index in [9.17, 15) is 5.11 Å². The van der Waals surface area contributed by atoms with E-state index in [2.05, 4.69) is 38.1 Å². The van der Waals surface area contributed by atoms with Gasteiger partial charge >= 0.3 is 0 Å². The molecule has 2 aromatic carbocycles. The maximum atomic E-state index is 10.4. The van der Waals surface area contributed by atoms with Crippen LogP contribution in [0.5, 0.6) is 5.75 Å². The van der Waals surface area contributed by atoms with Crippen LogP contribution in [0.4, 0.5) is 0 Å². The third-order valence-corrected chi connectivity index (χ3v) is 3.87. The summed E-state index contributed by atoms with van der Waals surface area (Å²) in [6, 6.07) is 13.7. The number of hydrogen-bond donors (Lipinski definition) is 1. The van der Waals surface area contributed by atoms with Crippen LogP contribution in [0.1, 0.15) is 42.6 Å². The minimum atomic E-state index is -0.609. The van der Waals surface area contributed by atoms with E-state index < -0.39 is 6.10 Å². The van der Waals surface area contributed by atoms with Crippen molar-refractivity contribution in [1.82, 2.24) is 0 Å². The smallest absolute Gasteiger partial charge is 0.126 e. The molecule has 0 fully saturated rings. The SMILES string of the molecule is COc1cc(Cl)ccc1C(O)Cc1ccc(C(C)C)cc1. The quantitative estimate of drug-likeness (QED) is 0.864. The van der Waals surface area contributed by atoms with Crippen molar-refractivity contribution in [1.29, 1.82) is 0 Å². The molecule has 0 heterocycles. The standard InChI is InChI=1S/C18H21ClO2/c1-12(2)14-6-4-13(5-7-14)10-17(20)16-9-8-15(19)11-18(16)21-3/h4-9,11-12,17,20H,10H2,1-3H3. The van der Waals surface area contributed by atoms with Crippen molar-refractivity contribution in [3.63, 3.8) is 0 Å². The Morgan fingerprint density at radius 1 is 1.10 bits per heavy atom. The van der Waals surface area contributed by atoms with Gasteiger partial charge in [-0.1, -0.05) is 55.8 Å². The highest BCUT2D eigenvalue weighted by atomic mass is 35.5. The molecule has 0 bridgehead atoms. The molecular weight excluding hydrogens is 284 g/mol. The Morgan fingerprint density at radius 2 is 1.76 bits per heavy atom. The summed E-state index contributed by atoms with van der Waals surface area (Å²) in [5.74, 6) is 1.13. The first kappa shape index (κ1) is 15.9. The lowest BCUT2D eigenvalue weighted by Crippen LogP contribution is -2.04. The van der Waals surface area contributed by atoms with E-state index in [1.165, 1.54) is 5.56 Å². The normalized spacial score (nSPS) is 12.5. The highest BCUT2D eigenvalue weighted by Gasteiger charge is 2.14. The molecule has 2 rings (SSSR count). The molecule has 0 aromatic heterocycles. The molecule has 0 saturated carbocycles. The molecule has 2 aromatic rings. The van der Waals surface area contributed by atoms with Crippen LogP contribution >= 0.6 is 11.6 Å². The zero-order chi connectivity index (χ0) is 15.4. The molecule has 21 heavy (non-hydrogen) atoms. The van der Waals surface area contributed by atoms with E-state index >= 15 is 0 Å². The minimum absolute atomic E-state index is 0.514. The Bertz CT molecular complexity index is 591. The fraction of sp³-hybridized carbons (Fsp3) is 0.333. The lowest BCUT2D eigenvalue weighted by atomic mass is 9.97. The van der Waals surface area contributed by atoms with Gasteiger partial charge in [-0.3, -0.25) is 0 Å². The largest absolute Gasteiger partial charge is 0.496 e. The van der Waals surface area contributed by atoms with Gasteiger partial charge < -0.3 is 9.84 Å². The minimum Gasteiger partial charge on any atom is -0.496 e. The highest BCUT2D eigenvalue weighted by molar-refractivity contribution is 6.30. The predicted molar refractivity (Wildman–Crippen MR) is 87.2 cm³/mol. The third kappa shape index (κ3) is 3.99. The molecule has 0 saturated heterocycles. The molecule has 0 aliphatic heterocycles. The first-order valence-electron chi connectivity index (χ1n) is 7.11. The Labute approximate surface area is 131 Å². The molecule has 0 radical (unpaired) electrons. The molecule has 1 atom stereocenters. The molecular formula is C18H21ClO2. The Morgan fingerprint density at radius 3 is 2.33 bits per heavy atom. The number of aliphatic hydroxyl groups excluding tert-OH is 1. The van der Waals surface area contributed by atoms with Gasteiger partial charge in [0.15, 0.2) is 0 Å². The van der Waals surface area contributed by atoms with E-state index in [-0.39, 0.29) is 0 Å². The molecule has 0 aliphatic rings. The summed E-state index contributed by atoms with van der Waals surface area (Å²) < 4.78 is 5.29. The van der Waals surface area contributed by atoms with Crippen molar-refractivity contribution < 1.29 is 9.84 Å². The van der Waals surface area contributed by atoms with Gasteiger partial charge in [0.25, 0.3) is 0 Å². The maximum absolute atomic E-state index is 10.4. The fourth-order valence-electron chi connectivity index (χ4n) is 2.33. The van der Waals surface area contributed by atoms with Gasteiger partial charge in [-0.2, -0.15) is 0 Å². The van der Waals surface area contributed by atoms with Crippen molar-refractivity contribution in [3.05, 3.63) is 64.2 Å². The van der Waals surface area contributed by atoms with Gasteiger partial charge in [-0.15, -0.1) is 0 Å². The number of benzene rings is 2. The average Bonchev–Trinajstić information content (AvgIpc) is 2.47. The van der Waals surface area contributed by atoms with Gasteiger partial charge in [-0.05, 0) is 29.2 Å². The van der Waals surface area contributed by atoms with E-state index in [1.54, 1.807) is 19.2 Å². The van der Waals surface area contributed by atoms with Crippen molar-refractivity contribution in [3.8, 4) is 5.75 Å². The molecule has 1 unspecified atom stereocenters. The van der Waals surface area contributed by atoms with E-state index in [0.717, 1.165) is 11.1 Å². The van der Waals surface area contributed by atoms with Gasteiger partial charge in [0, 0.05) is 17.0 Å². The number of aliphatic hydroxyl groups is 1. The fourth-order valence-corrected chi connectivity index (χ4v) is 2.49. The van der Waals surface area contributed by atoms with E-state index in [4.69, 9.17) is 16.3 Å². The van der Waals surface area contributed by atoms with Gasteiger partial charge in [0.1, 0.15) is 5.75 Å². The van der Waals surface area contributed by atoms with Gasteiger partial charge in [-0.25, -0.2) is 0 Å². The Balaban J connectivity index is 2.15. The number of methoxy groups -OCH3 is 1. The number of halogens is 1. The maximum Gasteiger partial charge on any atom is 0.126 e. The summed E-state index contributed by atoms with van der Waals surface area (Å²) in [5, 5.41) is 11.0. The summed E-state index contributed by atoms with van der Waals surface area (Å²) in [6.07, 6.45) is -0.0572. The summed E-state index contributed by atoms with van der Waals surface area (Å²) >= 11 is 5.95. The lowest BCUT2D eigenvalue weighted by molar-refractivity contribution is 0.174. The predicted octanol–water partition coefficient (Wildman–Crippen LogP) is 4.75. The molecule has 1 N–H and O–H groups in total. The molecule has 0 amide bonds. The van der Waals surface area contributed by atoms with Crippen LogP contribution in [0.2, 0.25) is 5.02 Å². The Kier molecular flexibility index (Phi) is 5.27. The van der Waals surface area contributed by atoms with Crippen molar-refractivity contribution in [2.24, 2.45) is 0 Å². The lowest BCUT2D eigenvalue weighted by Gasteiger charge is -2.15. The Hall–Kier alpha value is -1.51. The van der Waals surface area contributed by atoms with Crippen molar-refractivity contribution >= 4 is 11.6 Å². The molecule has 2 nitrogen and oxygen atoms in total. The zero-order valence-electron chi connectivity index (χ0n) is 12.6. The molecule has 3 heteroatoms. The number of ether oxygens (including phenoxy) is 1. The summed E-state index contributed by atoms with van der Waals surface area (Å²) in [6.45, 7) is 4.34. The number of hydrogen-bond acceptors (Lipinski definition) is 2. The van der Waals surface area contributed by atoms with Crippen LogP contribution < -0.4 is 4.74 Å². The van der Waals surface area contributed by atoms with Crippen LogP contribution in [-0.4, -0.2) is 12.2 Å². The van der Waals surface area contributed by atoms with Gasteiger partial charge in [0.2, 0.25) is 0 Å². The summed E-state index contributed by atoms with van der Waals surface area (Å²) in [5.41, 5.74) is 3.16. The van der Waals surface area contributed by atoms with E-state index in [1.807, 2.05) is 6.07 Å². The zero-order valence-corrected chi connectivity index (χ0v) is 13.4. The van der Waals surface area contributed by atoms with Crippen LogP contribution in [0.3, 0.4) is 0 Å². The van der Waals surface area contributed by atoms with Gasteiger partial charge in [0.05, 0.1) is 13.2 Å². The van der Waals surface area contributed by atoms with Crippen molar-refractivity contribution in [2.45, 2.75) is 32.3 Å². The van der Waals surface area contributed by atoms with Crippen LogP contribution in [0.25, 0.3) is 0 Å². The molecule has 0 spiro atoms. The second kappa shape index (κ2) is 6.97. The monoisotopic (exact) mass is 304 g/mol. The second-order valence-corrected chi connectivity index (χ2v) is 5.94. The van der Waals surface area contributed by atoms with E-state index in [0.29, 0.717) is 23.1 Å². The molecule has 112 valence electrons. The first-order valence-corrected chi connectivity index (χ1v) is 7.49. The summed E-state index contributed by atoms with van der Waals surface area (Å²) in [7, 11) is 1.58. The van der Waals surface area contributed by atoms with Crippen LogP contribution in [0, 0.1) is 0 Å². The topological polar surface area (TPSA) is 29.5 Å². The second-order valence-electron chi connectivity index (χ2n) is 5.50. The first-order chi connectivity index (χ1) is 10.0. The van der Waals surface area contributed by atoms with Crippen LogP contribution in [0.15, 0.2) is 42.5 Å². The third-order valence-electron chi connectivity index (χ3n) is 3.63. The highest BCUT2D eigenvalue weighted by Crippen LogP contribution is 2.30. The summed E-state index contributed by atoms with van der Waals surface area (Å²) in [4.78, 5) is 0. The molecule has 0 aliphatic carbocycles. The average molecular weight is 305 g/mol.